The molecule has 0 saturated carbocycles. The van der Waals surface area contributed by atoms with Crippen molar-refractivity contribution in [2.45, 2.75) is 12.6 Å². The fraction of sp³-hybridized carbons (Fsp3) is 0.300. The maximum atomic E-state index is 13.1. The molecule has 0 spiro atoms. The zero-order chi connectivity index (χ0) is 20.1. The molecule has 1 fully saturated rings. The molecule has 1 aliphatic rings. The number of carbonyl (C=O) groups excluding carboxylic acids is 2. The van der Waals surface area contributed by atoms with Crippen LogP contribution in [0.3, 0.4) is 0 Å². The summed E-state index contributed by atoms with van der Waals surface area (Å²) in [6, 6.07) is 9.85. The van der Waals surface area contributed by atoms with Crippen molar-refractivity contribution in [1.29, 1.82) is 0 Å². The topological polar surface area (TPSA) is 77.1 Å². The molecule has 1 atom stereocenters. The van der Waals surface area contributed by atoms with E-state index in [9.17, 15) is 14.0 Å². The van der Waals surface area contributed by atoms with Crippen LogP contribution in [0.1, 0.15) is 5.56 Å². The third kappa shape index (κ3) is 4.40. The fourth-order valence-corrected chi connectivity index (χ4v) is 2.94. The largest absolute Gasteiger partial charge is 0.497 e. The van der Waals surface area contributed by atoms with Crippen molar-refractivity contribution in [3.8, 4) is 11.5 Å². The highest BCUT2D eigenvalue weighted by atomic mass is 19.1. The Bertz CT molecular complexity index is 856. The Balaban J connectivity index is 1.79. The van der Waals surface area contributed by atoms with E-state index in [1.807, 2.05) is 0 Å². The summed E-state index contributed by atoms with van der Waals surface area (Å²) >= 11 is 0. The Kier molecular flexibility index (Phi) is 6.10. The lowest BCUT2D eigenvalue weighted by Crippen LogP contribution is -2.54. The van der Waals surface area contributed by atoms with E-state index < -0.39 is 17.8 Å². The first kappa shape index (κ1) is 19.6. The van der Waals surface area contributed by atoms with E-state index in [1.165, 1.54) is 36.3 Å². The minimum Gasteiger partial charge on any atom is -0.497 e. The maximum absolute atomic E-state index is 13.1. The van der Waals surface area contributed by atoms with Crippen LogP contribution in [0.15, 0.2) is 42.5 Å². The molecule has 1 saturated heterocycles. The van der Waals surface area contributed by atoms with Gasteiger partial charge < -0.3 is 24.4 Å². The highest BCUT2D eigenvalue weighted by Gasteiger charge is 2.34. The van der Waals surface area contributed by atoms with Gasteiger partial charge in [-0.15, -0.1) is 0 Å². The molecule has 7 nitrogen and oxygen atoms in total. The van der Waals surface area contributed by atoms with Crippen LogP contribution in [0, 0.1) is 5.82 Å². The first-order chi connectivity index (χ1) is 13.5. The fourth-order valence-electron chi connectivity index (χ4n) is 2.94. The number of hydrogen-bond acceptors (Lipinski definition) is 5. The number of nitrogens with one attached hydrogen (secondary N) is 1. The van der Waals surface area contributed by atoms with Gasteiger partial charge in [0.25, 0.3) is 0 Å². The van der Waals surface area contributed by atoms with Crippen LogP contribution in [0.2, 0.25) is 0 Å². The lowest BCUT2D eigenvalue weighted by atomic mass is 10.1. The molecule has 148 valence electrons. The van der Waals surface area contributed by atoms with Crippen LogP contribution in [0.5, 0.6) is 11.5 Å². The van der Waals surface area contributed by atoms with Gasteiger partial charge in [0, 0.05) is 17.3 Å². The average molecular weight is 388 g/mol. The van der Waals surface area contributed by atoms with Gasteiger partial charge in [-0.25, -0.2) is 4.39 Å². The Morgan fingerprint density at radius 3 is 2.64 bits per heavy atom. The highest BCUT2D eigenvalue weighted by molar-refractivity contribution is 5.97. The number of rotatable bonds is 6. The average Bonchev–Trinajstić information content (AvgIpc) is 2.71. The predicted molar refractivity (Wildman–Crippen MR) is 99.7 cm³/mol. The molecule has 3 rings (SSSR count). The SMILES string of the molecule is COc1ccc(CN2C(=O)COC[C@H]2C(=O)Nc2ccc(F)cc2)c(OC)c1. The number of amides is 2. The molecule has 1 heterocycles. The lowest BCUT2D eigenvalue weighted by molar-refractivity contribution is -0.154. The number of anilines is 1. The van der Waals surface area contributed by atoms with Gasteiger partial charge >= 0.3 is 0 Å². The van der Waals surface area contributed by atoms with E-state index in [0.717, 1.165) is 5.56 Å². The van der Waals surface area contributed by atoms with Crippen LogP contribution in [0.25, 0.3) is 0 Å². The standard InChI is InChI=1S/C20H21FN2O5/c1-26-16-8-3-13(18(9-16)27-2)10-23-17(11-28-12-19(23)24)20(25)22-15-6-4-14(21)5-7-15/h3-9,17H,10-12H2,1-2H3,(H,22,25)/t17-/m0/s1. The first-order valence-electron chi connectivity index (χ1n) is 8.66. The molecule has 0 bridgehead atoms. The molecule has 2 aromatic rings. The number of carbonyl (C=O) groups is 2. The normalized spacial score (nSPS) is 16.6. The molecule has 8 heteroatoms. The molecule has 0 radical (unpaired) electrons. The summed E-state index contributed by atoms with van der Waals surface area (Å²) in [5.74, 6) is 0.0637. The van der Waals surface area contributed by atoms with Crippen molar-refractivity contribution >= 4 is 17.5 Å². The zero-order valence-electron chi connectivity index (χ0n) is 15.6. The van der Waals surface area contributed by atoms with Gasteiger partial charge in [-0.2, -0.15) is 0 Å². The molecule has 0 unspecified atom stereocenters. The van der Waals surface area contributed by atoms with Gasteiger partial charge in [0.1, 0.15) is 30.0 Å². The summed E-state index contributed by atoms with van der Waals surface area (Å²) in [5.41, 5.74) is 1.17. The minimum atomic E-state index is -0.821. The summed E-state index contributed by atoms with van der Waals surface area (Å²) in [4.78, 5) is 26.6. The monoisotopic (exact) mass is 388 g/mol. The van der Waals surface area contributed by atoms with Crippen LogP contribution < -0.4 is 14.8 Å². The second-order valence-corrected chi connectivity index (χ2v) is 6.23. The molecule has 1 aliphatic heterocycles. The third-order valence-electron chi connectivity index (χ3n) is 4.45. The number of nitrogens with zero attached hydrogens (tertiary/aromatic N) is 1. The second kappa shape index (κ2) is 8.71. The van der Waals surface area contributed by atoms with Gasteiger partial charge in [0.2, 0.25) is 11.8 Å². The quantitative estimate of drug-likeness (QED) is 0.821. The number of halogens is 1. The predicted octanol–water partition coefficient (Wildman–Crippen LogP) is 2.21. The summed E-state index contributed by atoms with van der Waals surface area (Å²) < 4.78 is 28.9. The maximum Gasteiger partial charge on any atom is 0.249 e. The summed E-state index contributed by atoms with van der Waals surface area (Å²) in [6.07, 6.45) is 0. The molecular formula is C20H21FN2O5. The van der Waals surface area contributed by atoms with Crippen LogP contribution in [-0.4, -0.2) is 50.2 Å². The number of hydrogen-bond donors (Lipinski definition) is 1. The molecule has 28 heavy (non-hydrogen) atoms. The van der Waals surface area contributed by atoms with E-state index in [-0.39, 0.29) is 25.7 Å². The van der Waals surface area contributed by atoms with Crippen molar-refractivity contribution in [1.82, 2.24) is 4.90 Å². The van der Waals surface area contributed by atoms with Crippen LogP contribution in [0.4, 0.5) is 10.1 Å². The summed E-state index contributed by atoms with van der Waals surface area (Å²) in [5, 5.41) is 2.69. The van der Waals surface area contributed by atoms with Gasteiger partial charge in [0.05, 0.1) is 27.4 Å². The van der Waals surface area contributed by atoms with Crippen molar-refractivity contribution in [3.63, 3.8) is 0 Å². The Morgan fingerprint density at radius 2 is 1.96 bits per heavy atom. The second-order valence-electron chi connectivity index (χ2n) is 6.23. The van der Waals surface area contributed by atoms with Crippen molar-refractivity contribution < 1.29 is 28.2 Å². The number of ether oxygens (including phenoxy) is 3. The Labute approximate surface area is 162 Å². The van der Waals surface area contributed by atoms with Crippen molar-refractivity contribution in [3.05, 3.63) is 53.8 Å². The van der Waals surface area contributed by atoms with E-state index in [0.29, 0.717) is 17.2 Å². The number of morpholine rings is 1. The van der Waals surface area contributed by atoms with Crippen molar-refractivity contribution in [2.75, 3.05) is 32.8 Å². The number of benzene rings is 2. The molecule has 0 aliphatic carbocycles. The highest BCUT2D eigenvalue weighted by Crippen LogP contribution is 2.27. The van der Waals surface area contributed by atoms with Gasteiger partial charge in [-0.3, -0.25) is 9.59 Å². The smallest absolute Gasteiger partial charge is 0.249 e. The molecular weight excluding hydrogens is 367 g/mol. The van der Waals surface area contributed by atoms with Crippen LogP contribution in [-0.2, 0) is 20.9 Å². The first-order valence-corrected chi connectivity index (χ1v) is 8.66. The van der Waals surface area contributed by atoms with E-state index >= 15 is 0 Å². The van der Waals surface area contributed by atoms with Gasteiger partial charge in [-0.1, -0.05) is 0 Å². The molecule has 2 amide bonds. The molecule has 0 aromatic heterocycles. The Morgan fingerprint density at radius 1 is 1.21 bits per heavy atom. The Hall–Kier alpha value is -3.13. The summed E-state index contributed by atoms with van der Waals surface area (Å²) in [7, 11) is 3.08. The minimum absolute atomic E-state index is 0.0667. The van der Waals surface area contributed by atoms with Gasteiger partial charge in [-0.05, 0) is 36.4 Å². The van der Waals surface area contributed by atoms with E-state index in [2.05, 4.69) is 5.32 Å². The molecule has 1 N–H and O–H groups in total. The van der Waals surface area contributed by atoms with Crippen LogP contribution >= 0.6 is 0 Å². The zero-order valence-corrected chi connectivity index (χ0v) is 15.6. The van der Waals surface area contributed by atoms with E-state index in [4.69, 9.17) is 14.2 Å². The van der Waals surface area contributed by atoms with Crippen molar-refractivity contribution in [2.24, 2.45) is 0 Å². The summed E-state index contributed by atoms with van der Waals surface area (Å²) in [6.45, 7) is 0.146. The third-order valence-corrected chi connectivity index (χ3v) is 4.45. The van der Waals surface area contributed by atoms with E-state index in [1.54, 1.807) is 25.3 Å². The lowest BCUT2D eigenvalue weighted by Gasteiger charge is -2.34. The molecule has 2 aromatic carbocycles. The number of methoxy groups -OCH3 is 2. The van der Waals surface area contributed by atoms with Gasteiger partial charge in [0.15, 0.2) is 0 Å².